The molecule has 0 aromatic carbocycles. The van der Waals surface area contributed by atoms with E-state index < -0.39 is 35.5 Å². The average molecular weight is 214 g/mol. The molecule has 2 N–H and O–H groups in total. The minimum absolute atomic E-state index is 0.150. The largest absolute Gasteiger partial charge is 0.481 e. The zero-order valence-corrected chi connectivity index (χ0v) is 8.47. The SMILES string of the molecule is CCC(O)C1C(=O)CC(C(=O)O)CC1=O. The molecule has 84 valence electrons. The summed E-state index contributed by atoms with van der Waals surface area (Å²) in [5, 5.41) is 18.1. The van der Waals surface area contributed by atoms with E-state index in [9.17, 15) is 19.5 Å². The van der Waals surface area contributed by atoms with Crippen LogP contribution in [0.2, 0.25) is 0 Å². The number of hydrogen-bond donors (Lipinski definition) is 2. The topological polar surface area (TPSA) is 91.7 Å². The van der Waals surface area contributed by atoms with Gasteiger partial charge in [-0.15, -0.1) is 0 Å². The van der Waals surface area contributed by atoms with Gasteiger partial charge in [0.2, 0.25) is 0 Å². The lowest BCUT2D eigenvalue weighted by Crippen LogP contribution is -2.42. The molecular weight excluding hydrogens is 200 g/mol. The molecule has 1 unspecified atom stereocenters. The standard InChI is InChI=1S/C10H14O5/c1-2-6(11)9-7(12)3-5(10(14)15)4-8(9)13/h5-6,9,11H,2-4H2,1H3,(H,14,15). The molecular formula is C10H14O5. The van der Waals surface area contributed by atoms with E-state index in [2.05, 4.69) is 0 Å². The highest BCUT2D eigenvalue weighted by molar-refractivity contribution is 6.07. The first-order chi connectivity index (χ1) is 6.97. The highest BCUT2D eigenvalue weighted by Gasteiger charge is 2.41. The average Bonchev–Trinajstić information content (AvgIpc) is 2.16. The number of ketones is 2. The van der Waals surface area contributed by atoms with Crippen molar-refractivity contribution < 1.29 is 24.6 Å². The van der Waals surface area contributed by atoms with Gasteiger partial charge in [-0.3, -0.25) is 14.4 Å². The van der Waals surface area contributed by atoms with E-state index in [1.807, 2.05) is 0 Å². The second kappa shape index (κ2) is 4.53. The summed E-state index contributed by atoms with van der Waals surface area (Å²) in [6.45, 7) is 1.68. The van der Waals surface area contributed by atoms with Crippen molar-refractivity contribution in [1.29, 1.82) is 0 Å². The van der Waals surface area contributed by atoms with Gasteiger partial charge in [0.05, 0.1) is 12.0 Å². The lowest BCUT2D eigenvalue weighted by molar-refractivity contribution is -0.153. The van der Waals surface area contributed by atoms with Gasteiger partial charge in [0, 0.05) is 12.8 Å². The lowest BCUT2D eigenvalue weighted by Gasteiger charge is -2.26. The maximum atomic E-state index is 11.5. The van der Waals surface area contributed by atoms with Gasteiger partial charge in [0.25, 0.3) is 0 Å². The summed E-state index contributed by atoms with van der Waals surface area (Å²) in [6.07, 6.45) is -0.953. The second-order valence-corrected chi connectivity index (χ2v) is 3.83. The van der Waals surface area contributed by atoms with Crippen molar-refractivity contribution in [3.05, 3.63) is 0 Å². The first-order valence-corrected chi connectivity index (χ1v) is 4.93. The van der Waals surface area contributed by atoms with Gasteiger partial charge in [0.15, 0.2) is 0 Å². The van der Waals surface area contributed by atoms with Gasteiger partial charge in [-0.05, 0) is 6.42 Å². The van der Waals surface area contributed by atoms with Crippen LogP contribution >= 0.6 is 0 Å². The maximum Gasteiger partial charge on any atom is 0.307 e. The highest BCUT2D eigenvalue weighted by Crippen LogP contribution is 2.26. The smallest absolute Gasteiger partial charge is 0.307 e. The predicted molar refractivity (Wildman–Crippen MR) is 50.2 cm³/mol. The molecule has 0 heterocycles. The number of hydrogen-bond acceptors (Lipinski definition) is 4. The molecule has 0 aliphatic heterocycles. The monoisotopic (exact) mass is 214 g/mol. The summed E-state index contributed by atoms with van der Waals surface area (Å²) in [5.74, 6) is -3.95. The number of carbonyl (C=O) groups excluding carboxylic acids is 2. The Bertz CT molecular complexity index is 278. The minimum atomic E-state index is -1.12. The Morgan fingerprint density at radius 3 is 2.20 bits per heavy atom. The fourth-order valence-corrected chi connectivity index (χ4v) is 1.83. The van der Waals surface area contributed by atoms with Crippen LogP contribution in [-0.4, -0.2) is 33.9 Å². The molecule has 1 aliphatic rings. The molecule has 0 aromatic heterocycles. The van der Waals surface area contributed by atoms with E-state index in [1.165, 1.54) is 0 Å². The second-order valence-electron chi connectivity index (χ2n) is 3.83. The molecule has 1 fully saturated rings. The Hall–Kier alpha value is -1.23. The number of Topliss-reactive ketones (excluding diaryl/α,β-unsaturated/α-hetero) is 2. The summed E-state index contributed by atoms with van der Waals surface area (Å²) in [4.78, 5) is 33.6. The number of aliphatic hydroxyl groups is 1. The van der Waals surface area contributed by atoms with E-state index in [-0.39, 0.29) is 12.8 Å². The molecule has 15 heavy (non-hydrogen) atoms. The summed E-state index contributed by atoms with van der Waals surface area (Å²) in [6, 6.07) is 0. The van der Waals surface area contributed by atoms with E-state index in [0.29, 0.717) is 6.42 Å². The van der Waals surface area contributed by atoms with Crippen molar-refractivity contribution in [2.24, 2.45) is 11.8 Å². The third-order valence-corrected chi connectivity index (χ3v) is 2.74. The quantitative estimate of drug-likeness (QED) is 0.645. The normalized spacial score (nSPS) is 28.9. The Kier molecular flexibility index (Phi) is 3.57. The number of carboxylic acid groups (broad SMARTS) is 1. The summed E-state index contributed by atoms with van der Waals surface area (Å²) in [7, 11) is 0. The molecule has 1 atom stereocenters. The molecule has 0 amide bonds. The number of rotatable bonds is 3. The van der Waals surface area contributed by atoms with E-state index >= 15 is 0 Å². The van der Waals surface area contributed by atoms with Crippen LogP contribution in [0.3, 0.4) is 0 Å². The Labute approximate surface area is 87.1 Å². The summed E-state index contributed by atoms with van der Waals surface area (Å²) >= 11 is 0. The van der Waals surface area contributed by atoms with E-state index in [1.54, 1.807) is 6.92 Å². The van der Waals surface area contributed by atoms with Gasteiger partial charge in [-0.2, -0.15) is 0 Å². The molecule has 0 spiro atoms. The van der Waals surface area contributed by atoms with E-state index in [4.69, 9.17) is 5.11 Å². The van der Waals surface area contributed by atoms with Crippen molar-refractivity contribution in [1.82, 2.24) is 0 Å². The van der Waals surface area contributed by atoms with Crippen LogP contribution in [0.25, 0.3) is 0 Å². The van der Waals surface area contributed by atoms with Gasteiger partial charge >= 0.3 is 5.97 Å². The zero-order valence-electron chi connectivity index (χ0n) is 8.47. The number of carboxylic acids is 1. The van der Waals surface area contributed by atoms with Crippen LogP contribution in [0.1, 0.15) is 26.2 Å². The highest BCUT2D eigenvalue weighted by atomic mass is 16.4. The van der Waals surface area contributed by atoms with Crippen molar-refractivity contribution in [3.8, 4) is 0 Å². The Morgan fingerprint density at radius 1 is 1.40 bits per heavy atom. The Morgan fingerprint density at radius 2 is 1.87 bits per heavy atom. The maximum absolute atomic E-state index is 11.5. The van der Waals surface area contributed by atoms with Crippen molar-refractivity contribution in [2.75, 3.05) is 0 Å². The molecule has 0 bridgehead atoms. The lowest BCUT2D eigenvalue weighted by atomic mass is 9.77. The number of aliphatic carboxylic acids is 1. The zero-order chi connectivity index (χ0) is 11.6. The van der Waals surface area contributed by atoms with Crippen molar-refractivity contribution in [2.45, 2.75) is 32.3 Å². The number of aliphatic hydroxyl groups excluding tert-OH is 1. The minimum Gasteiger partial charge on any atom is -0.481 e. The molecule has 0 radical (unpaired) electrons. The molecule has 1 saturated carbocycles. The first kappa shape index (κ1) is 11.8. The van der Waals surface area contributed by atoms with Gasteiger partial charge in [-0.25, -0.2) is 0 Å². The van der Waals surface area contributed by atoms with Crippen LogP contribution in [-0.2, 0) is 14.4 Å². The molecule has 0 aromatic rings. The third-order valence-electron chi connectivity index (χ3n) is 2.74. The van der Waals surface area contributed by atoms with E-state index in [0.717, 1.165) is 0 Å². The van der Waals surface area contributed by atoms with Crippen LogP contribution in [0.5, 0.6) is 0 Å². The molecule has 5 nitrogen and oxygen atoms in total. The van der Waals surface area contributed by atoms with Gasteiger partial charge < -0.3 is 10.2 Å². The number of carbonyl (C=O) groups is 3. The molecule has 1 rings (SSSR count). The van der Waals surface area contributed by atoms with Crippen molar-refractivity contribution >= 4 is 17.5 Å². The van der Waals surface area contributed by atoms with Gasteiger partial charge in [-0.1, -0.05) is 6.92 Å². The fraction of sp³-hybridized carbons (Fsp3) is 0.700. The summed E-state index contributed by atoms with van der Waals surface area (Å²) in [5.41, 5.74) is 0. The first-order valence-electron chi connectivity index (χ1n) is 4.93. The van der Waals surface area contributed by atoms with Crippen LogP contribution in [0.15, 0.2) is 0 Å². The van der Waals surface area contributed by atoms with Crippen LogP contribution in [0, 0.1) is 11.8 Å². The van der Waals surface area contributed by atoms with Crippen molar-refractivity contribution in [3.63, 3.8) is 0 Å². The molecule has 1 aliphatic carbocycles. The molecule has 5 heteroatoms. The van der Waals surface area contributed by atoms with Crippen LogP contribution in [0.4, 0.5) is 0 Å². The van der Waals surface area contributed by atoms with Gasteiger partial charge in [0.1, 0.15) is 17.5 Å². The third kappa shape index (κ3) is 2.41. The predicted octanol–water partition coefficient (Wildman–Crippen LogP) is 0.00630. The molecule has 0 saturated heterocycles. The summed E-state index contributed by atoms with van der Waals surface area (Å²) < 4.78 is 0. The Balaban J connectivity index is 2.77. The van der Waals surface area contributed by atoms with Crippen LogP contribution < -0.4 is 0 Å². The fourth-order valence-electron chi connectivity index (χ4n) is 1.83.